The summed E-state index contributed by atoms with van der Waals surface area (Å²) in [7, 11) is 0. The van der Waals surface area contributed by atoms with Crippen LogP contribution in [0.25, 0.3) is 0 Å². The Balaban J connectivity index is 1.89. The number of hydrogen-bond donors (Lipinski definition) is 1. The Bertz CT molecular complexity index is 646. The van der Waals surface area contributed by atoms with Crippen LogP contribution in [-0.2, 0) is 4.79 Å². The average Bonchev–Trinajstić information content (AvgIpc) is 2.89. The molecule has 112 valence electrons. The Hall–Kier alpha value is -1.96. The summed E-state index contributed by atoms with van der Waals surface area (Å²) in [6, 6.07) is 2.94. The van der Waals surface area contributed by atoms with Crippen LogP contribution in [0, 0.1) is 11.6 Å². The van der Waals surface area contributed by atoms with Gasteiger partial charge in [-0.25, -0.2) is 8.78 Å². The largest absolute Gasteiger partial charge is 0.416 e. The van der Waals surface area contributed by atoms with Crippen molar-refractivity contribution < 1.29 is 18.0 Å². The molecule has 0 fully saturated rings. The number of anilines is 1. The first kappa shape index (κ1) is 15.4. The van der Waals surface area contributed by atoms with Crippen molar-refractivity contribution in [3.8, 4) is 0 Å². The molecule has 0 aliphatic rings. The zero-order chi connectivity index (χ0) is 15.4. The Morgan fingerprint density at radius 1 is 1.38 bits per heavy atom. The summed E-state index contributed by atoms with van der Waals surface area (Å²) in [5.41, 5.74) is -0.0737. The van der Waals surface area contributed by atoms with Gasteiger partial charge in [0.25, 0.3) is 5.22 Å². The highest BCUT2D eigenvalue weighted by Crippen LogP contribution is 2.21. The first-order valence-corrected chi connectivity index (χ1v) is 7.15. The first-order valence-electron chi connectivity index (χ1n) is 6.17. The molecule has 0 unspecified atom stereocenters. The molecule has 1 heterocycles. The van der Waals surface area contributed by atoms with Gasteiger partial charge in [-0.1, -0.05) is 25.6 Å². The molecule has 0 aliphatic carbocycles. The SMILES string of the molecule is CC(C)c1nnc(SCC(=O)Nc2ccc(F)cc2F)o1. The topological polar surface area (TPSA) is 68.0 Å². The fraction of sp³-hybridized carbons (Fsp3) is 0.308. The molecule has 2 rings (SSSR count). The van der Waals surface area contributed by atoms with Crippen LogP contribution in [0.1, 0.15) is 25.7 Å². The van der Waals surface area contributed by atoms with Crippen molar-refractivity contribution in [2.75, 3.05) is 11.1 Å². The molecule has 0 spiro atoms. The minimum Gasteiger partial charge on any atom is -0.416 e. The third kappa shape index (κ3) is 4.25. The maximum absolute atomic E-state index is 13.4. The van der Waals surface area contributed by atoms with Gasteiger partial charge in [0.05, 0.1) is 11.4 Å². The van der Waals surface area contributed by atoms with Crippen molar-refractivity contribution in [2.45, 2.75) is 25.0 Å². The van der Waals surface area contributed by atoms with Crippen LogP contribution >= 0.6 is 11.8 Å². The molecular weight excluding hydrogens is 300 g/mol. The van der Waals surface area contributed by atoms with Crippen molar-refractivity contribution in [3.05, 3.63) is 35.7 Å². The third-order valence-electron chi connectivity index (χ3n) is 2.45. The molecule has 0 atom stereocenters. The summed E-state index contributed by atoms with van der Waals surface area (Å²) < 4.78 is 31.4. The molecule has 2 aromatic rings. The summed E-state index contributed by atoms with van der Waals surface area (Å²) in [6.45, 7) is 3.82. The van der Waals surface area contributed by atoms with Gasteiger partial charge in [0.1, 0.15) is 11.6 Å². The second-order valence-electron chi connectivity index (χ2n) is 4.52. The lowest BCUT2D eigenvalue weighted by Gasteiger charge is -2.05. The Morgan fingerprint density at radius 2 is 2.14 bits per heavy atom. The highest BCUT2D eigenvalue weighted by molar-refractivity contribution is 7.99. The summed E-state index contributed by atoms with van der Waals surface area (Å²) in [5, 5.41) is 10.2. The standard InChI is InChI=1S/C13H13F2N3O2S/c1-7(2)12-17-18-13(20-12)21-6-11(19)16-10-4-3-8(14)5-9(10)15/h3-5,7H,6H2,1-2H3,(H,16,19). The maximum Gasteiger partial charge on any atom is 0.277 e. The number of carbonyl (C=O) groups excluding carboxylic acids is 1. The lowest BCUT2D eigenvalue weighted by molar-refractivity contribution is -0.113. The van der Waals surface area contributed by atoms with Gasteiger partial charge in [0.2, 0.25) is 11.8 Å². The van der Waals surface area contributed by atoms with E-state index in [1.165, 1.54) is 0 Å². The number of benzene rings is 1. The molecule has 21 heavy (non-hydrogen) atoms. The van der Waals surface area contributed by atoms with E-state index in [9.17, 15) is 13.6 Å². The molecule has 1 N–H and O–H groups in total. The lowest BCUT2D eigenvalue weighted by atomic mass is 10.2. The van der Waals surface area contributed by atoms with E-state index in [0.29, 0.717) is 12.0 Å². The smallest absolute Gasteiger partial charge is 0.277 e. The Morgan fingerprint density at radius 3 is 2.76 bits per heavy atom. The monoisotopic (exact) mass is 313 g/mol. The number of thioether (sulfide) groups is 1. The highest BCUT2D eigenvalue weighted by Gasteiger charge is 2.13. The molecule has 1 amide bonds. The summed E-state index contributed by atoms with van der Waals surface area (Å²) in [4.78, 5) is 11.7. The van der Waals surface area contributed by atoms with E-state index < -0.39 is 17.5 Å². The predicted octanol–water partition coefficient (Wildman–Crippen LogP) is 3.20. The van der Waals surface area contributed by atoms with Crippen molar-refractivity contribution in [1.29, 1.82) is 0 Å². The zero-order valence-corrected chi connectivity index (χ0v) is 12.2. The quantitative estimate of drug-likeness (QED) is 0.859. The fourth-order valence-electron chi connectivity index (χ4n) is 1.42. The van der Waals surface area contributed by atoms with Crippen molar-refractivity contribution in [3.63, 3.8) is 0 Å². The molecule has 1 aromatic heterocycles. The van der Waals surface area contributed by atoms with E-state index in [-0.39, 0.29) is 22.6 Å². The van der Waals surface area contributed by atoms with Crippen molar-refractivity contribution >= 4 is 23.4 Å². The zero-order valence-electron chi connectivity index (χ0n) is 11.4. The van der Waals surface area contributed by atoms with Gasteiger partial charge in [0, 0.05) is 12.0 Å². The number of halogens is 2. The van der Waals surface area contributed by atoms with Crippen LogP contribution in [0.2, 0.25) is 0 Å². The van der Waals surface area contributed by atoms with E-state index >= 15 is 0 Å². The number of amides is 1. The number of aromatic nitrogens is 2. The molecule has 0 bridgehead atoms. The molecule has 0 aliphatic heterocycles. The summed E-state index contributed by atoms with van der Waals surface area (Å²) in [6.07, 6.45) is 0. The van der Waals surface area contributed by atoms with Crippen LogP contribution in [0.15, 0.2) is 27.8 Å². The van der Waals surface area contributed by atoms with Crippen LogP contribution in [-0.4, -0.2) is 21.9 Å². The molecule has 1 aromatic carbocycles. The van der Waals surface area contributed by atoms with Gasteiger partial charge in [-0.15, -0.1) is 10.2 Å². The lowest BCUT2D eigenvalue weighted by Crippen LogP contribution is -2.15. The number of rotatable bonds is 5. The van der Waals surface area contributed by atoms with Gasteiger partial charge < -0.3 is 9.73 Å². The van der Waals surface area contributed by atoms with E-state index in [2.05, 4.69) is 15.5 Å². The van der Waals surface area contributed by atoms with Gasteiger partial charge in [-0.2, -0.15) is 0 Å². The summed E-state index contributed by atoms with van der Waals surface area (Å²) in [5.74, 6) is -1.40. The number of carbonyl (C=O) groups is 1. The van der Waals surface area contributed by atoms with Crippen molar-refractivity contribution in [1.82, 2.24) is 10.2 Å². The van der Waals surface area contributed by atoms with E-state index in [4.69, 9.17) is 4.42 Å². The predicted molar refractivity (Wildman–Crippen MR) is 74.1 cm³/mol. The average molecular weight is 313 g/mol. The molecule has 5 nitrogen and oxygen atoms in total. The van der Waals surface area contributed by atoms with E-state index in [1.54, 1.807) is 0 Å². The van der Waals surface area contributed by atoms with Crippen molar-refractivity contribution in [2.24, 2.45) is 0 Å². The molecule has 0 saturated carbocycles. The second-order valence-corrected chi connectivity index (χ2v) is 5.45. The Kier molecular flexibility index (Phi) is 4.89. The van der Waals surface area contributed by atoms with Crippen LogP contribution in [0.4, 0.5) is 14.5 Å². The first-order chi connectivity index (χ1) is 9.95. The number of hydrogen-bond acceptors (Lipinski definition) is 5. The van der Waals surface area contributed by atoms with Gasteiger partial charge in [0.15, 0.2) is 0 Å². The van der Waals surface area contributed by atoms with E-state index in [0.717, 1.165) is 23.9 Å². The normalized spacial score (nSPS) is 10.9. The van der Waals surface area contributed by atoms with Crippen LogP contribution < -0.4 is 5.32 Å². The highest BCUT2D eigenvalue weighted by atomic mass is 32.2. The minimum atomic E-state index is -0.826. The molecule has 0 radical (unpaired) electrons. The fourth-order valence-corrected chi connectivity index (χ4v) is 1.99. The summed E-state index contributed by atoms with van der Waals surface area (Å²) >= 11 is 1.05. The molecule has 0 saturated heterocycles. The molecule has 8 heteroatoms. The van der Waals surface area contributed by atoms with Gasteiger partial charge in [-0.05, 0) is 12.1 Å². The second kappa shape index (κ2) is 6.66. The van der Waals surface area contributed by atoms with Crippen LogP contribution in [0.5, 0.6) is 0 Å². The number of nitrogens with one attached hydrogen (secondary N) is 1. The van der Waals surface area contributed by atoms with Crippen LogP contribution in [0.3, 0.4) is 0 Å². The third-order valence-corrected chi connectivity index (χ3v) is 3.27. The maximum atomic E-state index is 13.4. The minimum absolute atomic E-state index is 0.0173. The molecular formula is C13H13F2N3O2S. The number of nitrogens with zero attached hydrogens (tertiary/aromatic N) is 2. The Labute approximate surface area is 124 Å². The van der Waals surface area contributed by atoms with E-state index in [1.807, 2.05) is 13.8 Å². The van der Waals surface area contributed by atoms with Gasteiger partial charge >= 0.3 is 0 Å². The van der Waals surface area contributed by atoms with Gasteiger partial charge in [-0.3, -0.25) is 4.79 Å².